The fourth-order valence-electron chi connectivity index (χ4n) is 6.70. The number of carboxylic acid groups (broad SMARTS) is 1. The molecular formula is C20H34O6. The minimum atomic E-state index is -0.913. The van der Waals surface area contributed by atoms with E-state index in [9.17, 15) is 25.2 Å². The molecule has 7 atom stereocenters. The average Bonchev–Trinajstić information content (AvgIpc) is 2.98. The summed E-state index contributed by atoms with van der Waals surface area (Å²) in [5, 5.41) is 40.1. The third-order valence-corrected chi connectivity index (χ3v) is 8.39. The fourth-order valence-corrected chi connectivity index (χ4v) is 6.70. The molecule has 3 rings (SSSR count). The average molecular weight is 370 g/mol. The smallest absolute Gasteiger partial charge is 0.304 e. The number of carbonyl (C=O) groups is 1. The molecule has 2 aliphatic carbocycles. The first kappa shape index (κ1) is 20.1. The van der Waals surface area contributed by atoms with Crippen molar-refractivity contribution < 1.29 is 30.0 Å². The van der Waals surface area contributed by atoms with Crippen LogP contribution in [-0.2, 0) is 9.53 Å². The highest BCUT2D eigenvalue weighted by Gasteiger charge is 2.69. The third kappa shape index (κ3) is 2.56. The van der Waals surface area contributed by atoms with Gasteiger partial charge in [-0.2, -0.15) is 0 Å². The van der Waals surface area contributed by atoms with Crippen LogP contribution in [0.1, 0.15) is 59.3 Å². The maximum absolute atomic E-state index is 11.4. The molecule has 0 aromatic heterocycles. The van der Waals surface area contributed by atoms with Crippen molar-refractivity contribution in [1.29, 1.82) is 0 Å². The van der Waals surface area contributed by atoms with Crippen LogP contribution in [0.4, 0.5) is 0 Å². The van der Waals surface area contributed by atoms with E-state index in [1.54, 1.807) is 0 Å². The summed E-state index contributed by atoms with van der Waals surface area (Å²) in [7, 11) is 0. The van der Waals surface area contributed by atoms with Crippen molar-refractivity contribution in [2.24, 2.45) is 28.1 Å². The molecule has 0 bridgehead atoms. The molecular weight excluding hydrogens is 336 g/mol. The molecule has 0 radical (unpaired) electrons. The highest BCUT2D eigenvalue weighted by molar-refractivity contribution is 5.68. The second-order valence-electron chi connectivity index (χ2n) is 9.75. The Morgan fingerprint density at radius 3 is 2.42 bits per heavy atom. The number of hydrogen-bond donors (Lipinski definition) is 4. The SMILES string of the molecule is C[C@@H]1CCC2[C@](C)(CO)[C@@H](O)CC[C@]2(C)[C@@]12C[C@](CO)(CC(=O)O)CO2. The van der Waals surface area contributed by atoms with Crippen molar-refractivity contribution in [1.82, 2.24) is 0 Å². The zero-order valence-corrected chi connectivity index (χ0v) is 16.2. The monoisotopic (exact) mass is 370 g/mol. The van der Waals surface area contributed by atoms with Crippen LogP contribution in [0, 0.1) is 28.1 Å². The highest BCUT2D eigenvalue weighted by Crippen LogP contribution is 2.67. The summed E-state index contributed by atoms with van der Waals surface area (Å²) < 4.78 is 6.46. The Hall–Kier alpha value is -0.690. The standard InChI is InChI=1S/C20H34O6/c1-13-4-5-14-17(2,10-21)15(23)6-7-18(14,3)20(13)9-19(11-22,12-26-20)8-16(24)25/h13-15,21-23H,4-12H2,1-3H3,(H,24,25)/t13-,14?,15+,17+,18+,19+,20-/m1/s1. The number of carboxylic acids is 1. The highest BCUT2D eigenvalue weighted by atomic mass is 16.5. The predicted molar refractivity (Wildman–Crippen MR) is 95.5 cm³/mol. The summed E-state index contributed by atoms with van der Waals surface area (Å²) in [6.45, 7) is 6.31. The van der Waals surface area contributed by atoms with Gasteiger partial charge in [0.25, 0.3) is 0 Å². The number of aliphatic hydroxyl groups is 3. The van der Waals surface area contributed by atoms with Gasteiger partial charge < -0.3 is 25.2 Å². The first-order valence-electron chi connectivity index (χ1n) is 9.85. The number of aliphatic hydroxyl groups excluding tert-OH is 3. The lowest BCUT2D eigenvalue weighted by molar-refractivity contribution is -0.242. The summed E-state index contributed by atoms with van der Waals surface area (Å²) in [5.74, 6) is -0.576. The van der Waals surface area contributed by atoms with Crippen LogP contribution in [0.25, 0.3) is 0 Å². The molecule has 1 unspecified atom stereocenters. The predicted octanol–water partition coefficient (Wildman–Crippen LogP) is 1.80. The molecule has 0 aromatic rings. The van der Waals surface area contributed by atoms with E-state index in [0.717, 1.165) is 19.3 Å². The Morgan fingerprint density at radius 1 is 1.15 bits per heavy atom. The number of hydrogen-bond acceptors (Lipinski definition) is 5. The van der Waals surface area contributed by atoms with E-state index >= 15 is 0 Å². The lowest BCUT2D eigenvalue weighted by atomic mass is 9.43. The van der Waals surface area contributed by atoms with Crippen molar-refractivity contribution in [2.75, 3.05) is 19.8 Å². The summed E-state index contributed by atoms with van der Waals surface area (Å²) in [5.41, 5.74) is -2.13. The molecule has 1 aliphatic heterocycles. The van der Waals surface area contributed by atoms with Crippen molar-refractivity contribution in [3.05, 3.63) is 0 Å². The van der Waals surface area contributed by atoms with Gasteiger partial charge in [-0.25, -0.2) is 0 Å². The Bertz CT molecular complexity index is 567. The second kappa shape index (κ2) is 6.43. The van der Waals surface area contributed by atoms with Gasteiger partial charge in [-0.3, -0.25) is 4.79 Å². The van der Waals surface area contributed by atoms with Gasteiger partial charge in [0.1, 0.15) is 0 Å². The van der Waals surface area contributed by atoms with Gasteiger partial charge in [-0.1, -0.05) is 20.8 Å². The normalized spacial score (nSPS) is 51.4. The van der Waals surface area contributed by atoms with Gasteiger partial charge in [-0.15, -0.1) is 0 Å². The van der Waals surface area contributed by atoms with Crippen LogP contribution in [-0.4, -0.2) is 57.9 Å². The van der Waals surface area contributed by atoms with E-state index in [4.69, 9.17) is 4.74 Å². The molecule has 4 N–H and O–H groups in total. The van der Waals surface area contributed by atoms with E-state index in [1.807, 2.05) is 6.92 Å². The number of fused-ring (bicyclic) bond motifs is 2. The molecule has 3 aliphatic rings. The molecule has 3 fully saturated rings. The second-order valence-corrected chi connectivity index (χ2v) is 9.75. The summed E-state index contributed by atoms with van der Waals surface area (Å²) in [6.07, 6.45) is 3.10. The summed E-state index contributed by atoms with van der Waals surface area (Å²) in [4.78, 5) is 11.4. The van der Waals surface area contributed by atoms with E-state index in [0.29, 0.717) is 12.8 Å². The molecule has 0 amide bonds. The van der Waals surface area contributed by atoms with Gasteiger partial charge in [0.2, 0.25) is 0 Å². The van der Waals surface area contributed by atoms with Crippen molar-refractivity contribution in [3.63, 3.8) is 0 Å². The van der Waals surface area contributed by atoms with Gasteiger partial charge >= 0.3 is 5.97 Å². The van der Waals surface area contributed by atoms with Gasteiger partial charge in [0.05, 0.1) is 37.9 Å². The molecule has 6 heteroatoms. The first-order valence-corrected chi connectivity index (χ1v) is 9.85. The molecule has 0 aromatic carbocycles. The van der Waals surface area contributed by atoms with Gasteiger partial charge in [0.15, 0.2) is 0 Å². The Balaban J connectivity index is 2.02. The largest absolute Gasteiger partial charge is 0.481 e. The summed E-state index contributed by atoms with van der Waals surface area (Å²) in [6, 6.07) is 0. The number of ether oxygens (including phenoxy) is 1. The topological polar surface area (TPSA) is 107 Å². The Morgan fingerprint density at radius 2 is 1.85 bits per heavy atom. The van der Waals surface area contributed by atoms with Crippen LogP contribution < -0.4 is 0 Å². The minimum Gasteiger partial charge on any atom is -0.481 e. The lowest BCUT2D eigenvalue weighted by Gasteiger charge is -2.64. The number of aliphatic carboxylic acids is 1. The van der Waals surface area contributed by atoms with Crippen molar-refractivity contribution in [3.8, 4) is 0 Å². The molecule has 150 valence electrons. The maximum Gasteiger partial charge on any atom is 0.304 e. The molecule has 1 heterocycles. The van der Waals surface area contributed by atoms with Crippen molar-refractivity contribution in [2.45, 2.75) is 71.0 Å². The molecule has 1 saturated heterocycles. The van der Waals surface area contributed by atoms with Crippen LogP contribution in [0.15, 0.2) is 0 Å². The Labute approximate surface area is 155 Å². The van der Waals surface area contributed by atoms with Gasteiger partial charge in [-0.05, 0) is 43.9 Å². The lowest BCUT2D eigenvalue weighted by Crippen LogP contribution is -2.66. The molecule has 2 saturated carbocycles. The third-order valence-electron chi connectivity index (χ3n) is 8.39. The number of rotatable bonds is 4. The van der Waals surface area contributed by atoms with Gasteiger partial charge in [0, 0.05) is 16.2 Å². The fraction of sp³-hybridized carbons (Fsp3) is 0.950. The van der Waals surface area contributed by atoms with Crippen LogP contribution in [0.3, 0.4) is 0 Å². The zero-order valence-electron chi connectivity index (χ0n) is 16.2. The molecule has 26 heavy (non-hydrogen) atoms. The van der Waals surface area contributed by atoms with Crippen LogP contribution in [0.2, 0.25) is 0 Å². The zero-order chi connectivity index (χ0) is 19.4. The quantitative estimate of drug-likeness (QED) is 0.601. The summed E-state index contributed by atoms with van der Waals surface area (Å²) >= 11 is 0. The Kier molecular flexibility index (Phi) is 4.96. The molecule has 1 spiro atoms. The van der Waals surface area contributed by atoms with E-state index in [1.165, 1.54) is 0 Å². The first-order chi connectivity index (χ1) is 12.1. The van der Waals surface area contributed by atoms with Crippen LogP contribution >= 0.6 is 0 Å². The van der Waals surface area contributed by atoms with Crippen LogP contribution in [0.5, 0.6) is 0 Å². The van der Waals surface area contributed by atoms with E-state index in [-0.39, 0.29) is 43.5 Å². The minimum absolute atomic E-state index is 0.0703. The van der Waals surface area contributed by atoms with Crippen molar-refractivity contribution >= 4 is 5.97 Å². The van der Waals surface area contributed by atoms with E-state index < -0.39 is 28.5 Å². The maximum atomic E-state index is 11.4. The van der Waals surface area contributed by atoms with E-state index in [2.05, 4.69) is 13.8 Å². The molecule has 6 nitrogen and oxygen atoms in total.